The Morgan fingerprint density at radius 2 is 2.17 bits per heavy atom. The standard InChI is InChI=1S/C18H15ClN2O3/c19-13-5-1-4-12(10-13)17-11-14(20-24-17)18(22)21-8-2-6-15(21)16-7-3-9-23-16/h1,3-5,7,9-11,15H,2,6,8H2/t15-/m1/s1. The van der Waals surface area contributed by atoms with E-state index < -0.39 is 0 Å². The zero-order chi connectivity index (χ0) is 16.5. The van der Waals surface area contributed by atoms with Crippen molar-refractivity contribution in [3.8, 4) is 11.3 Å². The Bertz CT molecular complexity index is 857. The van der Waals surface area contributed by atoms with Crippen LogP contribution in [0.4, 0.5) is 0 Å². The molecule has 3 heterocycles. The summed E-state index contributed by atoms with van der Waals surface area (Å²) in [6.45, 7) is 0.684. The molecule has 24 heavy (non-hydrogen) atoms. The first-order valence-corrected chi connectivity index (χ1v) is 8.17. The number of halogens is 1. The van der Waals surface area contributed by atoms with E-state index in [-0.39, 0.29) is 11.9 Å². The maximum atomic E-state index is 12.8. The van der Waals surface area contributed by atoms with Crippen LogP contribution in [0.15, 0.2) is 57.7 Å². The summed E-state index contributed by atoms with van der Waals surface area (Å²) in [6.07, 6.45) is 3.46. The minimum Gasteiger partial charge on any atom is -0.467 e. The second kappa shape index (κ2) is 6.17. The molecule has 3 aromatic rings. The molecule has 0 aliphatic carbocycles. The summed E-state index contributed by atoms with van der Waals surface area (Å²) in [5.41, 5.74) is 1.08. The molecular formula is C18H15ClN2O3. The van der Waals surface area contributed by atoms with Crippen molar-refractivity contribution >= 4 is 17.5 Å². The molecule has 0 radical (unpaired) electrons. The number of benzene rings is 1. The Labute approximate surface area is 143 Å². The molecule has 0 spiro atoms. The normalized spacial score (nSPS) is 17.4. The van der Waals surface area contributed by atoms with Crippen molar-refractivity contribution < 1.29 is 13.7 Å². The van der Waals surface area contributed by atoms with Crippen LogP contribution < -0.4 is 0 Å². The summed E-state index contributed by atoms with van der Waals surface area (Å²) in [5, 5.41) is 4.55. The van der Waals surface area contributed by atoms with Crippen molar-refractivity contribution in [2.45, 2.75) is 18.9 Å². The lowest BCUT2D eigenvalue weighted by Crippen LogP contribution is -2.30. The summed E-state index contributed by atoms with van der Waals surface area (Å²) in [5.74, 6) is 1.18. The molecule has 1 atom stereocenters. The number of carbonyl (C=O) groups is 1. The molecule has 0 saturated carbocycles. The third kappa shape index (κ3) is 2.71. The van der Waals surface area contributed by atoms with Crippen LogP contribution in [0.25, 0.3) is 11.3 Å². The van der Waals surface area contributed by atoms with Gasteiger partial charge in [-0.15, -0.1) is 0 Å². The molecule has 1 aliphatic heterocycles. The van der Waals surface area contributed by atoms with Crippen molar-refractivity contribution in [1.82, 2.24) is 10.1 Å². The highest BCUT2D eigenvalue weighted by Gasteiger charge is 2.33. The smallest absolute Gasteiger partial charge is 0.276 e. The maximum Gasteiger partial charge on any atom is 0.276 e. The van der Waals surface area contributed by atoms with Crippen molar-refractivity contribution in [3.63, 3.8) is 0 Å². The number of hydrogen-bond donors (Lipinski definition) is 0. The van der Waals surface area contributed by atoms with Gasteiger partial charge in [-0.25, -0.2) is 0 Å². The zero-order valence-electron chi connectivity index (χ0n) is 12.8. The Balaban J connectivity index is 1.59. The van der Waals surface area contributed by atoms with Crippen LogP contribution in [0.1, 0.15) is 35.1 Å². The Hall–Kier alpha value is -2.53. The fraction of sp³-hybridized carbons (Fsp3) is 0.222. The van der Waals surface area contributed by atoms with Crippen LogP contribution in [0.3, 0.4) is 0 Å². The third-order valence-corrected chi connectivity index (χ3v) is 4.46. The first-order valence-electron chi connectivity index (χ1n) is 7.79. The van der Waals surface area contributed by atoms with Gasteiger partial charge < -0.3 is 13.8 Å². The summed E-state index contributed by atoms with van der Waals surface area (Å²) in [6, 6.07) is 12.6. The van der Waals surface area contributed by atoms with Gasteiger partial charge in [0, 0.05) is 23.2 Å². The predicted molar refractivity (Wildman–Crippen MR) is 88.7 cm³/mol. The largest absolute Gasteiger partial charge is 0.467 e. The van der Waals surface area contributed by atoms with E-state index in [1.807, 2.05) is 24.3 Å². The number of aromatic nitrogens is 1. The number of likely N-dealkylation sites (tertiary alicyclic amines) is 1. The maximum absolute atomic E-state index is 12.8. The van der Waals surface area contributed by atoms with E-state index in [0.717, 1.165) is 24.2 Å². The molecule has 2 aromatic heterocycles. The topological polar surface area (TPSA) is 59.5 Å². The lowest BCUT2D eigenvalue weighted by Gasteiger charge is -2.21. The van der Waals surface area contributed by atoms with Gasteiger partial charge in [0.15, 0.2) is 11.5 Å². The van der Waals surface area contributed by atoms with Gasteiger partial charge in [0.05, 0.1) is 12.3 Å². The molecule has 1 saturated heterocycles. The number of rotatable bonds is 3. The van der Waals surface area contributed by atoms with Crippen molar-refractivity contribution in [2.75, 3.05) is 6.54 Å². The average Bonchev–Trinajstić information content (AvgIpc) is 3.33. The van der Waals surface area contributed by atoms with Gasteiger partial charge in [-0.3, -0.25) is 4.79 Å². The molecule has 5 nitrogen and oxygen atoms in total. The van der Waals surface area contributed by atoms with Crippen LogP contribution in [0.5, 0.6) is 0 Å². The van der Waals surface area contributed by atoms with Crippen molar-refractivity contribution in [2.24, 2.45) is 0 Å². The SMILES string of the molecule is O=C(c1cc(-c2cccc(Cl)c2)on1)N1CCC[C@@H]1c1ccco1. The minimum absolute atomic E-state index is 0.0428. The minimum atomic E-state index is -0.147. The van der Waals surface area contributed by atoms with Gasteiger partial charge in [-0.05, 0) is 37.1 Å². The Morgan fingerprint density at radius 1 is 1.25 bits per heavy atom. The fourth-order valence-corrected chi connectivity index (χ4v) is 3.28. The number of amides is 1. The van der Waals surface area contributed by atoms with E-state index in [0.29, 0.717) is 23.0 Å². The molecule has 1 amide bonds. The zero-order valence-corrected chi connectivity index (χ0v) is 13.6. The predicted octanol–water partition coefficient (Wildman–Crippen LogP) is 4.57. The van der Waals surface area contributed by atoms with Crippen LogP contribution in [-0.2, 0) is 0 Å². The number of nitrogens with zero attached hydrogens (tertiary/aromatic N) is 2. The Morgan fingerprint density at radius 3 is 2.96 bits per heavy atom. The fourth-order valence-electron chi connectivity index (χ4n) is 3.09. The van der Waals surface area contributed by atoms with Gasteiger partial charge in [-0.1, -0.05) is 28.9 Å². The number of furan rings is 1. The first kappa shape index (κ1) is 15.0. The molecule has 0 bridgehead atoms. The molecule has 1 fully saturated rings. The van der Waals surface area contributed by atoms with E-state index in [9.17, 15) is 4.79 Å². The molecule has 0 N–H and O–H groups in total. The van der Waals surface area contributed by atoms with Crippen LogP contribution in [0.2, 0.25) is 5.02 Å². The third-order valence-electron chi connectivity index (χ3n) is 4.22. The van der Waals surface area contributed by atoms with E-state index in [1.165, 1.54) is 0 Å². The average molecular weight is 343 g/mol. The van der Waals surface area contributed by atoms with Gasteiger partial charge in [0.25, 0.3) is 5.91 Å². The van der Waals surface area contributed by atoms with E-state index in [4.69, 9.17) is 20.5 Å². The van der Waals surface area contributed by atoms with Crippen molar-refractivity contribution in [3.05, 3.63) is 65.2 Å². The molecule has 6 heteroatoms. The lowest BCUT2D eigenvalue weighted by molar-refractivity contribution is 0.0709. The van der Waals surface area contributed by atoms with E-state index in [1.54, 1.807) is 29.4 Å². The van der Waals surface area contributed by atoms with Gasteiger partial charge in [0.1, 0.15) is 5.76 Å². The highest BCUT2D eigenvalue weighted by atomic mass is 35.5. The van der Waals surface area contributed by atoms with Crippen molar-refractivity contribution in [1.29, 1.82) is 0 Å². The van der Waals surface area contributed by atoms with E-state index >= 15 is 0 Å². The summed E-state index contributed by atoms with van der Waals surface area (Å²) < 4.78 is 10.8. The second-order valence-electron chi connectivity index (χ2n) is 5.76. The van der Waals surface area contributed by atoms with Gasteiger partial charge in [0.2, 0.25) is 0 Å². The van der Waals surface area contributed by atoms with Gasteiger partial charge in [-0.2, -0.15) is 0 Å². The molecule has 0 unspecified atom stereocenters. The Kier molecular flexibility index (Phi) is 3.86. The molecule has 122 valence electrons. The molecule has 1 aliphatic rings. The number of hydrogen-bond acceptors (Lipinski definition) is 4. The molecule has 1 aromatic carbocycles. The molecule has 4 rings (SSSR count). The van der Waals surface area contributed by atoms with E-state index in [2.05, 4.69) is 5.16 Å². The molecular weight excluding hydrogens is 328 g/mol. The lowest BCUT2D eigenvalue weighted by atomic mass is 10.1. The second-order valence-corrected chi connectivity index (χ2v) is 6.20. The monoisotopic (exact) mass is 342 g/mol. The van der Waals surface area contributed by atoms with Gasteiger partial charge >= 0.3 is 0 Å². The quantitative estimate of drug-likeness (QED) is 0.699. The number of carbonyl (C=O) groups excluding carboxylic acids is 1. The summed E-state index contributed by atoms with van der Waals surface area (Å²) in [4.78, 5) is 14.6. The highest BCUT2D eigenvalue weighted by Crippen LogP contribution is 2.33. The summed E-state index contributed by atoms with van der Waals surface area (Å²) >= 11 is 6.00. The van der Waals surface area contributed by atoms with Crippen LogP contribution in [-0.4, -0.2) is 22.5 Å². The highest BCUT2D eigenvalue weighted by molar-refractivity contribution is 6.30. The first-order chi connectivity index (χ1) is 11.7. The summed E-state index contributed by atoms with van der Waals surface area (Å²) in [7, 11) is 0. The van der Waals surface area contributed by atoms with Crippen LogP contribution in [0, 0.1) is 0 Å². The van der Waals surface area contributed by atoms with Crippen LogP contribution >= 0.6 is 11.6 Å².